The van der Waals surface area contributed by atoms with Crippen molar-refractivity contribution < 1.29 is 32.9 Å². The topological polar surface area (TPSA) is 108 Å². The second-order valence-corrected chi connectivity index (χ2v) is 28.7. The monoisotopic (exact) mass is 1270 g/mol. The molecule has 0 aliphatic rings. The fraction of sp³-hybridized carbons (Fsp3) is 0.812. The highest BCUT2D eigenvalue weighted by Gasteiger charge is 2.24. The SMILES string of the molecule is CC/C=C\C/C=C\C/C=C\C/C=C\C/C=C\C/C=C\C/C=C\CCCCCCCCCCCCCCCCCCCCCC(=O)NC(COP(=O)([O-])OCC[N+](C)(C)C)C(O)CCCCCCCCCCCCCCCCCCCCCCCCCCCC. The number of unbranched alkanes of at least 4 members (excludes halogenated alkanes) is 44. The smallest absolute Gasteiger partial charge is 0.268 e. The lowest BCUT2D eigenvalue weighted by atomic mass is 10.0. The molecule has 0 fully saturated rings. The predicted octanol–water partition coefficient (Wildman–Crippen LogP) is 24.4. The summed E-state index contributed by atoms with van der Waals surface area (Å²) in [6, 6.07) is -0.804. The number of aliphatic hydroxyl groups excluding tert-OH is 1. The number of phosphoric acid groups is 1. The molecule has 0 heterocycles. The minimum Gasteiger partial charge on any atom is -0.756 e. The Balaban J connectivity index is 3.95. The number of nitrogens with one attached hydrogen (secondary N) is 1. The summed E-state index contributed by atoms with van der Waals surface area (Å²) in [6.45, 7) is 4.66. The lowest BCUT2D eigenvalue weighted by Crippen LogP contribution is -2.46. The first kappa shape index (κ1) is 86.7. The average molecular weight is 1270 g/mol. The van der Waals surface area contributed by atoms with Gasteiger partial charge in [0.25, 0.3) is 7.82 Å². The number of aliphatic hydroxyl groups is 1. The van der Waals surface area contributed by atoms with Crippen LogP contribution in [-0.2, 0) is 18.4 Å². The van der Waals surface area contributed by atoms with E-state index in [0.29, 0.717) is 23.9 Å². The molecule has 1 amide bonds. The van der Waals surface area contributed by atoms with E-state index in [1.165, 1.54) is 257 Å². The third-order valence-corrected chi connectivity index (χ3v) is 18.4. The number of rotatable bonds is 71. The Kier molecular flexibility index (Phi) is 68.2. The maximum Gasteiger partial charge on any atom is 0.268 e. The van der Waals surface area contributed by atoms with Gasteiger partial charge in [-0.3, -0.25) is 9.36 Å². The van der Waals surface area contributed by atoms with Gasteiger partial charge in [0, 0.05) is 6.42 Å². The zero-order chi connectivity index (χ0) is 64.8. The van der Waals surface area contributed by atoms with Gasteiger partial charge in [0.15, 0.2) is 0 Å². The second kappa shape index (κ2) is 70.0. The normalized spacial score (nSPS) is 14.0. The number of carbonyl (C=O) groups excluding carboxylic acids is 1. The van der Waals surface area contributed by atoms with E-state index < -0.39 is 20.0 Å². The van der Waals surface area contributed by atoms with Crippen molar-refractivity contribution in [3.05, 3.63) is 85.1 Å². The van der Waals surface area contributed by atoms with Crippen LogP contribution in [0, 0.1) is 0 Å². The van der Waals surface area contributed by atoms with Crippen molar-refractivity contribution in [2.24, 2.45) is 0 Å². The van der Waals surface area contributed by atoms with Gasteiger partial charge in [-0.25, -0.2) is 0 Å². The number of amides is 1. The predicted molar refractivity (Wildman–Crippen MR) is 390 cm³/mol. The van der Waals surface area contributed by atoms with Crippen molar-refractivity contribution >= 4 is 13.7 Å². The van der Waals surface area contributed by atoms with E-state index in [2.05, 4.69) is 104 Å². The number of quaternary nitrogens is 1. The third kappa shape index (κ3) is 73.0. The first-order chi connectivity index (χ1) is 43.5. The fourth-order valence-corrected chi connectivity index (χ4v) is 12.2. The maximum atomic E-state index is 13.1. The lowest BCUT2D eigenvalue weighted by Gasteiger charge is -2.30. The summed E-state index contributed by atoms with van der Waals surface area (Å²) in [4.78, 5) is 25.7. The van der Waals surface area contributed by atoms with Gasteiger partial charge in [-0.05, 0) is 70.6 Å². The highest BCUT2D eigenvalue weighted by atomic mass is 31.2. The van der Waals surface area contributed by atoms with E-state index >= 15 is 0 Å². The minimum absolute atomic E-state index is 0.0123. The van der Waals surface area contributed by atoms with E-state index in [1.54, 1.807) is 0 Å². The van der Waals surface area contributed by atoms with Gasteiger partial charge in [-0.2, -0.15) is 0 Å². The van der Waals surface area contributed by atoms with Crippen molar-refractivity contribution in [1.82, 2.24) is 5.32 Å². The quantitative estimate of drug-likeness (QED) is 0.0272. The molecule has 8 nitrogen and oxygen atoms in total. The zero-order valence-electron chi connectivity index (χ0n) is 59.6. The van der Waals surface area contributed by atoms with Crippen LogP contribution in [0.3, 0.4) is 0 Å². The number of allylic oxidation sites excluding steroid dienone is 14. The van der Waals surface area contributed by atoms with Crippen LogP contribution in [0.2, 0.25) is 0 Å². The molecule has 89 heavy (non-hydrogen) atoms. The Morgan fingerprint density at radius 1 is 0.404 bits per heavy atom. The fourth-order valence-electron chi connectivity index (χ4n) is 11.5. The first-order valence-corrected chi connectivity index (χ1v) is 39.9. The van der Waals surface area contributed by atoms with Crippen LogP contribution in [0.25, 0.3) is 0 Å². The Morgan fingerprint density at radius 2 is 0.685 bits per heavy atom. The van der Waals surface area contributed by atoms with E-state index in [-0.39, 0.29) is 19.1 Å². The van der Waals surface area contributed by atoms with Gasteiger partial charge >= 0.3 is 0 Å². The molecule has 520 valence electrons. The molecule has 3 atom stereocenters. The summed E-state index contributed by atoms with van der Waals surface area (Å²) in [5.74, 6) is -0.159. The van der Waals surface area contributed by atoms with Crippen molar-refractivity contribution in [3.8, 4) is 0 Å². The van der Waals surface area contributed by atoms with Crippen molar-refractivity contribution in [2.75, 3.05) is 40.9 Å². The molecule has 0 radical (unpaired) electrons. The summed E-state index contributed by atoms with van der Waals surface area (Å²) in [7, 11) is 1.32. The van der Waals surface area contributed by atoms with Gasteiger partial charge < -0.3 is 28.8 Å². The van der Waals surface area contributed by atoms with Crippen molar-refractivity contribution in [2.45, 2.75) is 379 Å². The van der Waals surface area contributed by atoms with Crippen LogP contribution >= 0.6 is 7.82 Å². The zero-order valence-corrected chi connectivity index (χ0v) is 60.5. The number of carbonyl (C=O) groups is 1. The van der Waals surface area contributed by atoms with Crippen molar-refractivity contribution in [3.63, 3.8) is 0 Å². The molecule has 0 bridgehead atoms. The lowest BCUT2D eigenvalue weighted by molar-refractivity contribution is -0.870. The number of hydrogen-bond donors (Lipinski definition) is 2. The van der Waals surface area contributed by atoms with Crippen LogP contribution in [0.15, 0.2) is 85.1 Å². The molecule has 0 spiro atoms. The number of phosphoric ester groups is 1. The molecule has 0 aliphatic carbocycles. The summed E-state index contributed by atoms with van der Waals surface area (Å²) in [5, 5.41) is 14.1. The molecule has 0 aromatic heterocycles. The molecule has 0 saturated carbocycles. The van der Waals surface area contributed by atoms with E-state index in [0.717, 1.165) is 83.5 Å². The molecular weight excluding hydrogens is 1120 g/mol. The summed E-state index contributed by atoms with van der Waals surface area (Å²) >= 11 is 0. The first-order valence-electron chi connectivity index (χ1n) is 38.4. The van der Waals surface area contributed by atoms with Crippen LogP contribution < -0.4 is 10.2 Å². The highest BCUT2D eigenvalue weighted by Crippen LogP contribution is 2.38. The van der Waals surface area contributed by atoms with Crippen LogP contribution in [0.5, 0.6) is 0 Å². The Labute approximate surface area is 554 Å². The Morgan fingerprint density at radius 3 is 1.00 bits per heavy atom. The standard InChI is InChI=1S/C80H149N2O6P/c1-6-8-10-12-14-16-18-20-22-24-26-28-30-32-34-35-36-37-38-39-40-41-42-43-44-45-46-47-48-50-52-54-56-58-60-62-64-66-68-70-72-74-80(84)81-78(77-88-89(85,86)87-76-75-82(3,4)5)79(83)73-71-69-67-65-63-61-59-57-55-53-51-49-33-31-29-27-25-23-21-19-17-15-13-11-9-7-2/h8,10,14,16,20,22,26,28,32,34,36-37,39-40,78-79,83H,6-7,9,11-13,15,17-19,21,23-25,27,29-31,33,35,38,41-77H2,1-5H3,(H-,81,84,85,86)/b10-8-,16-14-,22-20-,28-26-,34-32-,37-36-,40-39-. The molecule has 9 heteroatoms. The molecule has 0 aliphatic heterocycles. The van der Waals surface area contributed by atoms with E-state index in [4.69, 9.17) is 9.05 Å². The largest absolute Gasteiger partial charge is 0.756 e. The molecule has 0 rings (SSSR count). The third-order valence-electron chi connectivity index (χ3n) is 17.4. The minimum atomic E-state index is -4.58. The van der Waals surface area contributed by atoms with E-state index in [9.17, 15) is 19.4 Å². The molecule has 0 aromatic rings. The summed E-state index contributed by atoms with van der Waals surface area (Å²) in [6.07, 6.45) is 99.7. The summed E-state index contributed by atoms with van der Waals surface area (Å²) in [5.41, 5.74) is 0. The average Bonchev–Trinajstić information content (AvgIpc) is 3.61. The Bertz CT molecular complexity index is 1730. The number of likely N-dealkylation sites (N-methyl/N-ethyl adjacent to an activating group) is 1. The molecule has 2 N–H and O–H groups in total. The molecule has 0 aromatic carbocycles. The van der Waals surface area contributed by atoms with E-state index in [1.807, 2.05) is 21.1 Å². The molecule has 0 saturated heterocycles. The number of hydrogen-bond acceptors (Lipinski definition) is 6. The van der Waals surface area contributed by atoms with Crippen LogP contribution in [-0.4, -0.2) is 68.5 Å². The molecule has 3 unspecified atom stereocenters. The second-order valence-electron chi connectivity index (χ2n) is 27.3. The van der Waals surface area contributed by atoms with Crippen LogP contribution in [0.4, 0.5) is 0 Å². The van der Waals surface area contributed by atoms with Crippen molar-refractivity contribution in [1.29, 1.82) is 0 Å². The van der Waals surface area contributed by atoms with Gasteiger partial charge in [0.05, 0.1) is 39.9 Å². The maximum absolute atomic E-state index is 13.1. The van der Waals surface area contributed by atoms with Gasteiger partial charge in [0.2, 0.25) is 5.91 Å². The Hall–Kier alpha value is -2.32. The van der Waals surface area contributed by atoms with Gasteiger partial charge in [-0.1, -0.05) is 375 Å². The molecular formula is C80H149N2O6P. The van der Waals surface area contributed by atoms with Crippen LogP contribution in [0.1, 0.15) is 367 Å². The highest BCUT2D eigenvalue weighted by molar-refractivity contribution is 7.45. The van der Waals surface area contributed by atoms with Gasteiger partial charge in [0.1, 0.15) is 13.2 Å². The summed E-state index contributed by atoms with van der Waals surface area (Å²) < 4.78 is 23.6. The number of nitrogens with zero attached hydrogens (tertiary/aromatic N) is 1. The van der Waals surface area contributed by atoms with Gasteiger partial charge in [-0.15, -0.1) is 0 Å².